The minimum Gasteiger partial charge on any atom is -0.508 e. The Labute approximate surface area is 115 Å². The van der Waals surface area contributed by atoms with Crippen LogP contribution in [0.4, 0.5) is 0 Å². The molecule has 0 aliphatic carbocycles. The number of rotatable bonds is 3. The van der Waals surface area contributed by atoms with Gasteiger partial charge in [-0.2, -0.15) is 0 Å². The standard InChI is InChI=1S/C16H23NO2/c1-16(2,3)13-8-9-17(10-13)11-15(19)12-4-6-14(18)7-5-12/h4-7,13,18H,8-11H2,1-3H3. The van der Waals surface area contributed by atoms with E-state index in [9.17, 15) is 9.90 Å². The second kappa shape index (κ2) is 5.33. The number of nitrogens with zero attached hydrogens (tertiary/aromatic N) is 1. The molecule has 1 aromatic rings. The fourth-order valence-electron chi connectivity index (χ4n) is 2.62. The number of aromatic hydroxyl groups is 1. The van der Waals surface area contributed by atoms with Crippen LogP contribution in [0.5, 0.6) is 5.75 Å². The van der Waals surface area contributed by atoms with Crippen molar-refractivity contribution in [1.82, 2.24) is 4.90 Å². The lowest BCUT2D eigenvalue weighted by molar-refractivity contribution is 0.0938. The van der Waals surface area contributed by atoms with Gasteiger partial charge in [0.25, 0.3) is 0 Å². The highest BCUT2D eigenvalue weighted by Crippen LogP contribution is 2.33. The lowest BCUT2D eigenvalue weighted by Gasteiger charge is -2.27. The van der Waals surface area contributed by atoms with Gasteiger partial charge in [-0.1, -0.05) is 20.8 Å². The van der Waals surface area contributed by atoms with Crippen molar-refractivity contribution in [2.45, 2.75) is 27.2 Å². The normalized spacial score (nSPS) is 20.7. The molecule has 1 saturated heterocycles. The van der Waals surface area contributed by atoms with Crippen molar-refractivity contribution in [2.24, 2.45) is 11.3 Å². The van der Waals surface area contributed by atoms with Gasteiger partial charge in [-0.25, -0.2) is 0 Å². The van der Waals surface area contributed by atoms with E-state index in [0.29, 0.717) is 23.4 Å². The molecule has 1 aliphatic rings. The topological polar surface area (TPSA) is 40.5 Å². The molecule has 19 heavy (non-hydrogen) atoms. The number of phenols is 1. The van der Waals surface area contributed by atoms with E-state index in [-0.39, 0.29) is 11.5 Å². The molecule has 0 amide bonds. The van der Waals surface area contributed by atoms with Crippen LogP contribution in [0, 0.1) is 11.3 Å². The van der Waals surface area contributed by atoms with Gasteiger partial charge in [0.2, 0.25) is 0 Å². The van der Waals surface area contributed by atoms with E-state index < -0.39 is 0 Å². The van der Waals surface area contributed by atoms with E-state index in [1.807, 2.05) is 0 Å². The average Bonchev–Trinajstić information content (AvgIpc) is 2.78. The van der Waals surface area contributed by atoms with Crippen molar-refractivity contribution in [2.75, 3.05) is 19.6 Å². The highest BCUT2D eigenvalue weighted by atomic mass is 16.3. The van der Waals surface area contributed by atoms with Crippen LogP contribution in [0.15, 0.2) is 24.3 Å². The number of ketones is 1. The third-order valence-corrected chi connectivity index (χ3v) is 4.05. The smallest absolute Gasteiger partial charge is 0.176 e. The number of hydrogen-bond donors (Lipinski definition) is 1. The van der Waals surface area contributed by atoms with Gasteiger partial charge in [-0.05, 0) is 48.6 Å². The van der Waals surface area contributed by atoms with Crippen LogP contribution in [-0.4, -0.2) is 35.4 Å². The van der Waals surface area contributed by atoms with Crippen LogP contribution in [0.1, 0.15) is 37.6 Å². The first-order valence-electron chi connectivity index (χ1n) is 6.91. The third kappa shape index (κ3) is 3.57. The molecular formula is C16H23NO2. The van der Waals surface area contributed by atoms with Crippen molar-refractivity contribution in [3.05, 3.63) is 29.8 Å². The highest BCUT2D eigenvalue weighted by Gasteiger charge is 2.32. The van der Waals surface area contributed by atoms with E-state index in [1.54, 1.807) is 24.3 Å². The number of phenolic OH excluding ortho intramolecular Hbond substituents is 1. The summed E-state index contributed by atoms with van der Waals surface area (Å²) < 4.78 is 0. The number of benzene rings is 1. The summed E-state index contributed by atoms with van der Waals surface area (Å²) in [5.74, 6) is 1.00. The Kier molecular flexibility index (Phi) is 3.95. The number of carbonyl (C=O) groups is 1. The first-order valence-corrected chi connectivity index (χ1v) is 6.91. The van der Waals surface area contributed by atoms with Gasteiger partial charge in [0.1, 0.15) is 5.75 Å². The first kappa shape index (κ1) is 14.1. The molecule has 1 aromatic carbocycles. The van der Waals surface area contributed by atoms with E-state index in [4.69, 9.17) is 0 Å². The summed E-state index contributed by atoms with van der Waals surface area (Å²) in [5, 5.41) is 9.23. The second-order valence-electron chi connectivity index (χ2n) is 6.56. The van der Waals surface area contributed by atoms with Crippen LogP contribution in [-0.2, 0) is 0 Å². The molecule has 2 rings (SSSR count). The molecule has 1 fully saturated rings. The van der Waals surface area contributed by atoms with Gasteiger partial charge in [0, 0.05) is 12.1 Å². The predicted octanol–water partition coefficient (Wildman–Crippen LogP) is 2.94. The van der Waals surface area contributed by atoms with Gasteiger partial charge in [-0.15, -0.1) is 0 Å². The molecule has 0 aromatic heterocycles. The fraction of sp³-hybridized carbons (Fsp3) is 0.562. The Hall–Kier alpha value is -1.35. The Morgan fingerprint density at radius 1 is 1.32 bits per heavy atom. The average molecular weight is 261 g/mol. The van der Waals surface area contributed by atoms with Gasteiger partial charge in [0.15, 0.2) is 5.78 Å². The molecule has 0 saturated carbocycles. The SMILES string of the molecule is CC(C)(C)C1CCN(CC(=O)c2ccc(O)cc2)C1. The molecule has 1 aliphatic heterocycles. The number of Topliss-reactive ketones (excluding diaryl/α,β-unsaturated/α-hetero) is 1. The minimum atomic E-state index is 0.134. The predicted molar refractivity (Wildman–Crippen MR) is 76.4 cm³/mol. The van der Waals surface area contributed by atoms with Gasteiger partial charge in [0.05, 0.1) is 6.54 Å². The van der Waals surface area contributed by atoms with Crippen molar-refractivity contribution in [3.63, 3.8) is 0 Å². The summed E-state index contributed by atoms with van der Waals surface area (Å²) in [6.07, 6.45) is 1.17. The third-order valence-electron chi connectivity index (χ3n) is 4.05. The minimum absolute atomic E-state index is 0.134. The van der Waals surface area contributed by atoms with Crippen LogP contribution < -0.4 is 0 Å². The molecule has 1 atom stereocenters. The van der Waals surface area contributed by atoms with E-state index in [0.717, 1.165) is 13.1 Å². The van der Waals surface area contributed by atoms with Crippen LogP contribution in [0.3, 0.4) is 0 Å². The molecule has 3 nitrogen and oxygen atoms in total. The summed E-state index contributed by atoms with van der Waals surface area (Å²) in [6.45, 7) is 9.30. The Balaban J connectivity index is 1.92. The number of carbonyl (C=O) groups excluding carboxylic acids is 1. The quantitative estimate of drug-likeness (QED) is 0.850. The van der Waals surface area contributed by atoms with Crippen molar-refractivity contribution >= 4 is 5.78 Å². The zero-order chi connectivity index (χ0) is 14.0. The maximum absolute atomic E-state index is 12.1. The molecular weight excluding hydrogens is 238 g/mol. The van der Waals surface area contributed by atoms with Gasteiger partial charge < -0.3 is 5.11 Å². The van der Waals surface area contributed by atoms with Crippen molar-refractivity contribution in [1.29, 1.82) is 0 Å². The summed E-state index contributed by atoms with van der Waals surface area (Å²) in [4.78, 5) is 14.4. The largest absolute Gasteiger partial charge is 0.508 e. The van der Waals surface area contributed by atoms with Crippen LogP contribution >= 0.6 is 0 Å². The van der Waals surface area contributed by atoms with E-state index in [1.165, 1.54) is 6.42 Å². The second-order valence-corrected chi connectivity index (χ2v) is 6.56. The van der Waals surface area contributed by atoms with Gasteiger partial charge >= 0.3 is 0 Å². The summed E-state index contributed by atoms with van der Waals surface area (Å²) >= 11 is 0. The zero-order valence-electron chi connectivity index (χ0n) is 12.0. The van der Waals surface area contributed by atoms with Crippen LogP contribution in [0.25, 0.3) is 0 Å². The molecule has 1 heterocycles. The van der Waals surface area contributed by atoms with Gasteiger partial charge in [-0.3, -0.25) is 9.69 Å². The Bertz CT molecular complexity index is 445. The number of likely N-dealkylation sites (tertiary alicyclic amines) is 1. The monoisotopic (exact) mass is 261 g/mol. The first-order chi connectivity index (χ1) is 8.86. The molecule has 0 radical (unpaired) electrons. The number of hydrogen-bond acceptors (Lipinski definition) is 3. The van der Waals surface area contributed by atoms with Crippen LogP contribution in [0.2, 0.25) is 0 Å². The van der Waals surface area contributed by atoms with Crippen molar-refractivity contribution in [3.8, 4) is 5.75 Å². The molecule has 1 unspecified atom stereocenters. The molecule has 3 heteroatoms. The highest BCUT2D eigenvalue weighted by molar-refractivity contribution is 5.97. The van der Waals surface area contributed by atoms with Crippen molar-refractivity contribution < 1.29 is 9.90 Å². The molecule has 1 N–H and O–H groups in total. The summed E-state index contributed by atoms with van der Waals surface area (Å²) in [7, 11) is 0. The van der Waals surface area contributed by atoms with E-state index in [2.05, 4.69) is 25.7 Å². The Morgan fingerprint density at radius 2 is 1.95 bits per heavy atom. The zero-order valence-corrected chi connectivity index (χ0v) is 12.0. The summed E-state index contributed by atoms with van der Waals surface area (Å²) in [6, 6.07) is 6.51. The molecule has 0 bridgehead atoms. The Morgan fingerprint density at radius 3 is 2.47 bits per heavy atom. The maximum atomic E-state index is 12.1. The fourth-order valence-corrected chi connectivity index (χ4v) is 2.62. The summed E-state index contributed by atoms with van der Waals surface area (Å²) in [5.41, 5.74) is 0.994. The maximum Gasteiger partial charge on any atom is 0.176 e. The van der Waals surface area contributed by atoms with E-state index >= 15 is 0 Å². The lowest BCUT2D eigenvalue weighted by atomic mass is 9.80. The molecule has 104 valence electrons. The lowest BCUT2D eigenvalue weighted by Crippen LogP contribution is -2.30. The molecule has 0 spiro atoms.